The van der Waals surface area contributed by atoms with Crippen molar-refractivity contribution < 1.29 is 8.78 Å². The Kier molecular flexibility index (Phi) is 6.28. The van der Waals surface area contributed by atoms with Crippen molar-refractivity contribution in [2.24, 2.45) is 0 Å². The van der Waals surface area contributed by atoms with E-state index in [1.807, 2.05) is 43.1 Å². The summed E-state index contributed by atoms with van der Waals surface area (Å²) in [7, 11) is 1.95. The summed E-state index contributed by atoms with van der Waals surface area (Å²) in [6.45, 7) is 3.24. The van der Waals surface area contributed by atoms with E-state index >= 15 is 0 Å². The second kappa shape index (κ2) is 8.42. The Morgan fingerprint density at radius 3 is 2.46 bits per heavy atom. The highest BCUT2D eigenvalue weighted by molar-refractivity contribution is 5.46. The molecule has 126 valence electrons. The maximum Gasteiger partial charge on any atom is 0.159 e. The van der Waals surface area contributed by atoms with E-state index in [1.165, 1.54) is 6.07 Å². The summed E-state index contributed by atoms with van der Waals surface area (Å²) in [6.07, 6.45) is 0.492. The van der Waals surface area contributed by atoms with Crippen LogP contribution in [0.2, 0.25) is 0 Å². The molecule has 0 bridgehead atoms. The van der Waals surface area contributed by atoms with Crippen LogP contribution >= 0.6 is 0 Å². The molecule has 0 heterocycles. The molecule has 2 rings (SSSR count). The molecule has 0 unspecified atom stereocenters. The molecule has 0 spiro atoms. The van der Waals surface area contributed by atoms with E-state index < -0.39 is 11.6 Å². The molecule has 0 radical (unpaired) electrons. The van der Waals surface area contributed by atoms with Gasteiger partial charge in [0.1, 0.15) is 0 Å². The topological polar surface area (TPSA) is 39.1 Å². The molecule has 0 fully saturated rings. The first kappa shape index (κ1) is 17.9. The van der Waals surface area contributed by atoms with Crippen LogP contribution in [-0.2, 0) is 6.54 Å². The molecular weight excluding hydrogens is 308 g/mol. The number of hydrogen-bond donors (Lipinski definition) is 1. The minimum atomic E-state index is -0.831. The average molecular weight is 329 g/mol. The average Bonchev–Trinajstić information content (AvgIpc) is 2.60. The van der Waals surface area contributed by atoms with Crippen LogP contribution in [0.15, 0.2) is 42.5 Å². The van der Waals surface area contributed by atoms with E-state index in [4.69, 9.17) is 5.26 Å². The molecule has 0 amide bonds. The number of nitriles is 1. The van der Waals surface area contributed by atoms with Gasteiger partial charge in [0.15, 0.2) is 11.6 Å². The first-order valence-electron chi connectivity index (χ1n) is 7.86. The fourth-order valence-electron chi connectivity index (χ4n) is 2.39. The second-order valence-corrected chi connectivity index (χ2v) is 5.77. The predicted octanol–water partition coefficient (Wildman–Crippen LogP) is 4.17. The van der Waals surface area contributed by atoms with Gasteiger partial charge in [-0.05, 0) is 42.3 Å². The van der Waals surface area contributed by atoms with E-state index in [2.05, 4.69) is 11.4 Å². The summed E-state index contributed by atoms with van der Waals surface area (Å²) in [5, 5.41) is 11.9. The van der Waals surface area contributed by atoms with Crippen LogP contribution in [0.25, 0.3) is 0 Å². The maximum atomic E-state index is 13.3. The van der Waals surface area contributed by atoms with Gasteiger partial charge in [0, 0.05) is 31.9 Å². The maximum absolute atomic E-state index is 13.3. The largest absolute Gasteiger partial charge is 0.374 e. The van der Waals surface area contributed by atoms with Crippen molar-refractivity contribution in [1.82, 2.24) is 5.32 Å². The molecule has 1 N–H and O–H groups in total. The summed E-state index contributed by atoms with van der Waals surface area (Å²) >= 11 is 0. The van der Waals surface area contributed by atoms with Crippen molar-refractivity contribution in [3.05, 3.63) is 65.2 Å². The molecule has 0 saturated heterocycles. The molecule has 1 atom stereocenters. The molecule has 2 aromatic rings. The number of halogens is 2. The molecule has 5 heteroatoms. The molecular formula is C19H21F2N3. The van der Waals surface area contributed by atoms with Crippen LogP contribution in [0.1, 0.15) is 30.5 Å². The minimum Gasteiger partial charge on any atom is -0.374 e. The van der Waals surface area contributed by atoms with Crippen LogP contribution in [0.3, 0.4) is 0 Å². The standard InChI is InChI=1S/C19H21F2N3/c1-14(16-6-9-18(20)19(21)12-16)23-13-15-4-7-17(8-5-15)24(2)11-3-10-22/h4-9,12,14,23H,3,11,13H2,1-2H3/t14-/m0/s1. The van der Waals surface area contributed by atoms with Crippen LogP contribution < -0.4 is 10.2 Å². The lowest BCUT2D eigenvalue weighted by molar-refractivity contribution is 0.500. The molecule has 2 aromatic carbocycles. The lowest BCUT2D eigenvalue weighted by Crippen LogP contribution is -2.19. The van der Waals surface area contributed by atoms with E-state index in [-0.39, 0.29) is 6.04 Å². The molecule has 0 aliphatic rings. The third-order valence-corrected chi connectivity index (χ3v) is 3.99. The fourth-order valence-corrected chi connectivity index (χ4v) is 2.39. The van der Waals surface area contributed by atoms with Gasteiger partial charge >= 0.3 is 0 Å². The van der Waals surface area contributed by atoms with Gasteiger partial charge in [-0.15, -0.1) is 0 Å². The van der Waals surface area contributed by atoms with Crippen LogP contribution in [0.4, 0.5) is 14.5 Å². The smallest absolute Gasteiger partial charge is 0.159 e. The van der Waals surface area contributed by atoms with Crippen molar-refractivity contribution in [2.75, 3.05) is 18.5 Å². The number of nitrogens with one attached hydrogen (secondary N) is 1. The van der Waals surface area contributed by atoms with Crippen LogP contribution in [-0.4, -0.2) is 13.6 Å². The molecule has 3 nitrogen and oxygen atoms in total. The quantitative estimate of drug-likeness (QED) is 0.829. The number of rotatable bonds is 7. The molecule has 0 aliphatic carbocycles. The second-order valence-electron chi connectivity index (χ2n) is 5.77. The molecule has 24 heavy (non-hydrogen) atoms. The number of nitrogens with zero attached hydrogens (tertiary/aromatic N) is 2. The van der Waals surface area contributed by atoms with E-state index in [0.29, 0.717) is 25.1 Å². The van der Waals surface area contributed by atoms with Gasteiger partial charge < -0.3 is 10.2 Å². The van der Waals surface area contributed by atoms with Crippen molar-refractivity contribution in [1.29, 1.82) is 5.26 Å². The molecule has 0 aliphatic heterocycles. The summed E-state index contributed by atoms with van der Waals surface area (Å²) in [5.74, 6) is -1.66. The van der Waals surface area contributed by atoms with E-state index in [0.717, 1.165) is 17.3 Å². The lowest BCUT2D eigenvalue weighted by atomic mass is 10.1. The van der Waals surface area contributed by atoms with Gasteiger partial charge in [-0.2, -0.15) is 5.26 Å². The summed E-state index contributed by atoms with van der Waals surface area (Å²) in [5.41, 5.74) is 2.87. The van der Waals surface area contributed by atoms with Gasteiger partial charge in [0.05, 0.1) is 12.5 Å². The third kappa shape index (κ3) is 4.77. The van der Waals surface area contributed by atoms with Gasteiger partial charge in [-0.1, -0.05) is 18.2 Å². The minimum absolute atomic E-state index is 0.0851. The zero-order chi connectivity index (χ0) is 17.5. The van der Waals surface area contributed by atoms with Crippen molar-refractivity contribution in [2.45, 2.75) is 25.9 Å². The highest BCUT2D eigenvalue weighted by Crippen LogP contribution is 2.18. The Morgan fingerprint density at radius 2 is 1.83 bits per heavy atom. The SMILES string of the molecule is C[C@H](NCc1ccc(N(C)CCC#N)cc1)c1ccc(F)c(F)c1. The molecule has 0 saturated carbocycles. The monoisotopic (exact) mass is 329 g/mol. The molecule has 0 aromatic heterocycles. The highest BCUT2D eigenvalue weighted by atomic mass is 19.2. The fraction of sp³-hybridized carbons (Fsp3) is 0.316. The Hall–Kier alpha value is -2.45. The summed E-state index contributed by atoms with van der Waals surface area (Å²) in [4.78, 5) is 2.03. The first-order chi connectivity index (χ1) is 11.5. The Labute approximate surface area is 141 Å². The zero-order valence-electron chi connectivity index (χ0n) is 13.9. The first-order valence-corrected chi connectivity index (χ1v) is 7.86. The summed E-state index contributed by atoms with van der Waals surface area (Å²) < 4.78 is 26.3. The van der Waals surface area contributed by atoms with Gasteiger partial charge in [-0.25, -0.2) is 8.78 Å². The lowest BCUT2D eigenvalue weighted by Gasteiger charge is -2.18. The van der Waals surface area contributed by atoms with Crippen molar-refractivity contribution in [3.63, 3.8) is 0 Å². The zero-order valence-corrected chi connectivity index (χ0v) is 13.9. The van der Waals surface area contributed by atoms with Gasteiger partial charge in [0.2, 0.25) is 0 Å². The summed E-state index contributed by atoms with van der Waals surface area (Å²) in [6, 6.07) is 14.1. The Balaban J connectivity index is 1.92. The Bertz CT molecular complexity index is 708. The van der Waals surface area contributed by atoms with E-state index in [9.17, 15) is 8.78 Å². The number of benzene rings is 2. The van der Waals surface area contributed by atoms with Crippen LogP contribution in [0.5, 0.6) is 0 Å². The van der Waals surface area contributed by atoms with Gasteiger partial charge in [-0.3, -0.25) is 0 Å². The van der Waals surface area contributed by atoms with Gasteiger partial charge in [0.25, 0.3) is 0 Å². The van der Waals surface area contributed by atoms with Crippen molar-refractivity contribution >= 4 is 5.69 Å². The Morgan fingerprint density at radius 1 is 1.12 bits per heavy atom. The highest BCUT2D eigenvalue weighted by Gasteiger charge is 2.09. The van der Waals surface area contributed by atoms with Crippen LogP contribution in [0, 0.1) is 23.0 Å². The number of hydrogen-bond acceptors (Lipinski definition) is 3. The predicted molar refractivity (Wildman–Crippen MR) is 91.6 cm³/mol. The third-order valence-electron chi connectivity index (χ3n) is 3.99. The van der Waals surface area contributed by atoms with E-state index in [1.54, 1.807) is 6.07 Å². The number of anilines is 1. The van der Waals surface area contributed by atoms with Crippen molar-refractivity contribution in [3.8, 4) is 6.07 Å². The normalized spacial score (nSPS) is 11.8.